The number of hydrogen-bond donors (Lipinski definition) is 1. The third-order valence-corrected chi connectivity index (χ3v) is 4.86. The van der Waals surface area contributed by atoms with Gasteiger partial charge in [0, 0.05) is 25.3 Å². The normalized spacial score (nSPS) is 24.8. The molecule has 0 bridgehead atoms. The Morgan fingerprint density at radius 3 is 2.62 bits per heavy atom. The molecule has 0 aromatic carbocycles. The van der Waals surface area contributed by atoms with Crippen LogP contribution in [0.2, 0.25) is 0 Å². The molecule has 1 aromatic rings. The summed E-state index contributed by atoms with van der Waals surface area (Å²) in [6.45, 7) is 1.69. The number of likely N-dealkylation sites (tertiary alicyclic amines) is 1. The van der Waals surface area contributed by atoms with Gasteiger partial charge in [0.1, 0.15) is 11.8 Å². The first-order valence-electron chi connectivity index (χ1n) is 7.79. The number of nitriles is 1. The average molecular weight is 353 g/mol. The maximum absolute atomic E-state index is 12.1. The van der Waals surface area contributed by atoms with Crippen molar-refractivity contribution < 1.29 is 14.3 Å². The van der Waals surface area contributed by atoms with E-state index in [1.54, 1.807) is 23.2 Å². The lowest BCUT2D eigenvalue weighted by Crippen LogP contribution is -2.36. The van der Waals surface area contributed by atoms with Gasteiger partial charge < -0.3 is 15.0 Å². The quantitative estimate of drug-likeness (QED) is 0.890. The molecule has 0 spiro atoms. The van der Waals surface area contributed by atoms with Gasteiger partial charge in [0.05, 0.1) is 13.7 Å². The fourth-order valence-electron chi connectivity index (χ4n) is 3.75. The Morgan fingerprint density at radius 2 is 2.04 bits per heavy atom. The highest BCUT2D eigenvalue weighted by Gasteiger charge is 2.42. The van der Waals surface area contributed by atoms with Crippen LogP contribution in [0.3, 0.4) is 0 Å². The van der Waals surface area contributed by atoms with Crippen LogP contribution in [0.4, 0.5) is 4.79 Å². The van der Waals surface area contributed by atoms with Gasteiger partial charge in [0.2, 0.25) is 5.91 Å². The van der Waals surface area contributed by atoms with Gasteiger partial charge in [-0.2, -0.15) is 5.26 Å². The summed E-state index contributed by atoms with van der Waals surface area (Å²) in [7, 11) is 1.41. The number of hydrogen-bond acceptors (Lipinski definition) is 5. The molecular weight excluding hydrogens is 332 g/mol. The third-order valence-electron chi connectivity index (χ3n) is 4.86. The molecule has 130 valence electrons. The topological polar surface area (TPSA) is 87.4 Å². The Bertz CT molecular complexity index is 640. The van der Waals surface area contributed by atoms with Crippen LogP contribution in [-0.2, 0) is 4.74 Å². The lowest BCUT2D eigenvalue weighted by molar-refractivity contribution is 0.0907. The molecule has 7 nitrogen and oxygen atoms in total. The van der Waals surface area contributed by atoms with Crippen LogP contribution in [0.25, 0.3) is 0 Å². The third kappa shape index (κ3) is 3.55. The van der Waals surface area contributed by atoms with Crippen molar-refractivity contribution in [3.05, 3.63) is 24.0 Å². The highest BCUT2D eigenvalue weighted by Crippen LogP contribution is 2.38. The second-order valence-corrected chi connectivity index (χ2v) is 6.21. The molecule has 3 atom stereocenters. The van der Waals surface area contributed by atoms with Crippen molar-refractivity contribution in [1.29, 1.82) is 5.26 Å². The number of fused-ring (bicyclic) bond motifs is 1. The second-order valence-electron chi connectivity index (χ2n) is 6.21. The van der Waals surface area contributed by atoms with E-state index in [0.29, 0.717) is 17.5 Å². The van der Waals surface area contributed by atoms with Crippen LogP contribution >= 0.6 is 12.4 Å². The van der Waals surface area contributed by atoms with Crippen molar-refractivity contribution in [2.45, 2.75) is 18.9 Å². The van der Waals surface area contributed by atoms with Crippen molar-refractivity contribution in [2.75, 3.05) is 26.7 Å². The molecule has 1 aromatic heterocycles. The molecule has 1 unspecified atom stereocenters. The van der Waals surface area contributed by atoms with Gasteiger partial charge in [-0.25, -0.2) is 4.79 Å². The summed E-state index contributed by atoms with van der Waals surface area (Å²) in [6, 6.07) is 5.61. The highest BCUT2D eigenvalue weighted by molar-refractivity contribution is 5.85. The summed E-state index contributed by atoms with van der Waals surface area (Å²) >= 11 is 0. The molecule has 1 saturated heterocycles. The number of aromatic nitrogens is 1. The van der Waals surface area contributed by atoms with Crippen LogP contribution in [-0.4, -0.2) is 54.3 Å². The summed E-state index contributed by atoms with van der Waals surface area (Å²) in [5.41, 5.74) is 0.355. The van der Waals surface area contributed by atoms with E-state index in [0.717, 1.165) is 25.9 Å². The number of methoxy groups -OCH3 is 1. The molecule has 0 radical (unpaired) electrons. The maximum Gasteiger partial charge on any atom is 0.409 e. The number of nitrogens with zero attached hydrogens (tertiary/aromatic N) is 3. The first kappa shape index (κ1) is 18.3. The molecule has 1 N–H and O–H groups in total. The maximum atomic E-state index is 12.1. The molecule has 1 aliphatic heterocycles. The van der Waals surface area contributed by atoms with Gasteiger partial charge in [-0.15, -0.1) is 12.4 Å². The lowest BCUT2D eigenvalue weighted by atomic mass is 10.0. The molecule has 1 saturated carbocycles. The molecule has 8 heteroatoms. The fourth-order valence-corrected chi connectivity index (χ4v) is 3.75. The number of halogens is 1. The van der Waals surface area contributed by atoms with Crippen molar-refractivity contribution in [3.63, 3.8) is 0 Å². The van der Waals surface area contributed by atoms with Crippen LogP contribution in [0.1, 0.15) is 23.3 Å². The minimum atomic E-state index is -0.254. The van der Waals surface area contributed by atoms with E-state index in [-0.39, 0.29) is 37.0 Å². The van der Waals surface area contributed by atoms with Gasteiger partial charge in [0.25, 0.3) is 0 Å². The largest absolute Gasteiger partial charge is 0.453 e. The zero-order valence-electron chi connectivity index (χ0n) is 13.5. The smallest absolute Gasteiger partial charge is 0.409 e. The van der Waals surface area contributed by atoms with Gasteiger partial charge in [0.15, 0.2) is 0 Å². The summed E-state index contributed by atoms with van der Waals surface area (Å²) < 4.78 is 6.14. The SMILES string of the molecule is COC(=O)N1C[C@H]2CC(NCC(=O)n3cccc3C#N)C[C@H]2C1.Cl. The summed E-state index contributed by atoms with van der Waals surface area (Å²) in [5, 5.41) is 12.2. The zero-order chi connectivity index (χ0) is 16.4. The molecule has 1 amide bonds. The molecular formula is C16H21ClN4O3. The van der Waals surface area contributed by atoms with E-state index in [1.807, 2.05) is 6.07 Å². The molecule has 2 heterocycles. The van der Waals surface area contributed by atoms with E-state index >= 15 is 0 Å². The van der Waals surface area contributed by atoms with E-state index in [9.17, 15) is 9.59 Å². The van der Waals surface area contributed by atoms with E-state index in [1.165, 1.54) is 11.7 Å². The highest BCUT2D eigenvalue weighted by atomic mass is 35.5. The van der Waals surface area contributed by atoms with Crippen LogP contribution in [0.15, 0.2) is 18.3 Å². The van der Waals surface area contributed by atoms with Crippen molar-refractivity contribution in [1.82, 2.24) is 14.8 Å². The van der Waals surface area contributed by atoms with Crippen LogP contribution in [0.5, 0.6) is 0 Å². The molecule has 1 aliphatic carbocycles. The molecule has 2 fully saturated rings. The Labute approximate surface area is 147 Å². The zero-order valence-corrected chi connectivity index (χ0v) is 14.3. The van der Waals surface area contributed by atoms with Crippen molar-refractivity contribution >= 4 is 24.4 Å². The number of amides is 1. The van der Waals surface area contributed by atoms with E-state index in [2.05, 4.69) is 5.32 Å². The first-order chi connectivity index (χ1) is 11.1. The average Bonchev–Trinajstić information content (AvgIpc) is 3.24. The summed E-state index contributed by atoms with van der Waals surface area (Å²) in [6.07, 6.45) is 3.28. The number of rotatable bonds is 3. The summed E-state index contributed by atoms with van der Waals surface area (Å²) in [4.78, 5) is 25.5. The Hall–Kier alpha value is -2.04. The van der Waals surface area contributed by atoms with E-state index in [4.69, 9.17) is 10.00 Å². The summed E-state index contributed by atoms with van der Waals surface area (Å²) in [5.74, 6) is 0.825. The predicted molar refractivity (Wildman–Crippen MR) is 89.0 cm³/mol. The second kappa shape index (κ2) is 7.69. The number of ether oxygens (including phenoxy) is 1. The fraction of sp³-hybridized carbons (Fsp3) is 0.562. The number of nitrogens with one attached hydrogen (secondary N) is 1. The van der Waals surface area contributed by atoms with Crippen LogP contribution < -0.4 is 5.32 Å². The Balaban J connectivity index is 0.00000208. The van der Waals surface area contributed by atoms with Gasteiger partial charge in [-0.05, 0) is 36.8 Å². The standard InChI is InChI=1S/C16H20N4O3.ClH/c1-23-16(22)19-9-11-5-13(6-12(11)10-19)18-8-15(21)20-4-2-3-14(20)7-17;/h2-4,11-13,18H,5-6,8-10H2,1H3;1H/t11-,12+,13?;. The van der Waals surface area contributed by atoms with E-state index < -0.39 is 0 Å². The number of carbonyl (C=O) groups is 2. The predicted octanol–water partition coefficient (Wildman–Crippen LogP) is 1.49. The molecule has 24 heavy (non-hydrogen) atoms. The number of carbonyl (C=O) groups excluding carboxylic acids is 2. The molecule has 3 rings (SSSR count). The van der Waals surface area contributed by atoms with Crippen LogP contribution in [0, 0.1) is 23.2 Å². The monoisotopic (exact) mass is 352 g/mol. The Kier molecular flexibility index (Phi) is 5.86. The lowest BCUT2D eigenvalue weighted by Gasteiger charge is -2.18. The van der Waals surface area contributed by atoms with Gasteiger partial charge in [-0.1, -0.05) is 0 Å². The van der Waals surface area contributed by atoms with Gasteiger partial charge in [-0.3, -0.25) is 9.36 Å². The van der Waals surface area contributed by atoms with Gasteiger partial charge >= 0.3 is 6.09 Å². The van der Waals surface area contributed by atoms with Crippen molar-refractivity contribution in [3.8, 4) is 6.07 Å². The minimum Gasteiger partial charge on any atom is -0.453 e. The first-order valence-corrected chi connectivity index (χ1v) is 7.79. The van der Waals surface area contributed by atoms with Crippen molar-refractivity contribution in [2.24, 2.45) is 11.8 Å². The molecule has 2 aliphatic rings. The Morgan fingerprint density at radius 1 is 1.38 bits per heavy atom. The minimum absolute atomic E-state index is 0.